The minimum absolute atomic E-state index is 0.255. The molecule has 180 valence electrons. The van der Waals surface area contributed by atoms with Gasteiger partial charge in [-0.2, -0.15) is 0 Å². The number of nitrogens with zero attached hydrogens (tertiary/aromatic N) is 1. The standard InChI is InChI=1S/C26H36N2O5/c1-5-30-17-20-7-6-8-24(27)23(20)18-32-22-11-9-21(10-12-22)31-16-19-13-14-28(15-19)25(29)33-26(2,3)4/h6-12,19H,5,13-18,27H2,1-4H3/t19-/m1/s1. The molecule has 1 amide bonds. The second-order valence-electron chi connectivity index (χ2n) is 9.27. The Balaban J connectivity index is 1.46. The quantitative estimate of drug-likeness (QED) is 0.534. The van der Waals surface area contributed by atoms with E-state index in [0.717, 1.165) is 29.0 Å². The second kappa shape index (κ2) is 11.3. The van der Waals surface area contributed by atoms with E-state index in [2.05, 4.69) is 0 Å². The smallest absolute Gasteiger partial charge is 0.410 e. The summed E-state index contributed by atoms with van der Waals surface area (Å²) < 4.78 is 22.9. The van der Waals surface area contributed by atoms with Gasteiger partial charge in [-0.05, 0) is 70.0 Å². The molecule has 0 aliphatic carbocycles. The zero-order valence-corrected chi connectivity index (χ0v) is 20.1. The van der Waals surface area contributed by atoms with Crippen LogP contribution in [0.15, 0.2) is 42.5 Å². The fourth-order valence-corrected chi connectivity index (χ4v) is 3.64. The number of rotatable bonds is 9. The molecular formula is C26H36N2O5. The number of anilines is 1. The zero-order chi connectivity index (χ0) is 23.8. The third kappa shape index (κ3) is 7.56. The number of amides is 1. The van der Waals surface area contributed by atoms with Crippen LogP contribution in [0.2, 0.25) is 0 Å². The summed E-state index contributed by atoms with van der Waals surface area (Å²) in [5.41, 5.74) is 8.35. The molecule has 1 saturated heterocycles. The fourth-order valence-electron chi connectivity index (χ4n) is 3.64. The molecule has 2 aromatic carbocycles. The van der Waals surface area contributed by atoms with Crippen LogP contribution in [-0.4, -0.2) is 42.9 Å². The van der Waals surface area contributed by atoms with E-state index in [1.165, 1.54) is 0 Å². The Labute approximate surface area is 196 Å². The van der Waals surface area contributed by atoms with Gasteiger partial charge in [0.05, 0.1) is 13.2 Å². The van der Waals surface area contributed by atoms with Gasteiger partial charge in [-0.15, -0.1) is 0 Å². The number of carbonyl (C=O) groups excluding carboxylic acids is 1. The van der Waals surface area contributed by atoms with Crippen LogP contribution in [0, 0.1) is 5.92 Å². The number of ether oxygens (including phenoxy) is 4. The molecule has 0 spiro atoms. The van der Waals surface area contributed by atoms with Crippen molar-refractivity contribution in [2.24, 2.45) is 5.92 Å². The highest BCUT2D eigenvalue weighted by Gasteiger charge is 2.30. The molecular weight excluding hydrogens is 420 g/mol. The van der Waals surface area contributed by atoms with Gasteiger partial charge in [-0.3, -0.25) is 0 Å². The van der Waals surface area contributed by atoms with E-state index in [1.54, 1.807) is 4.90 Å². The van der Waals surface area contributed by atoms with Crippen molar-refractivity contribution >= 4 is 11.8 Å². The van der Waals surface area contributed by atoms with E-state index in [1.807, 2.05) is 70.2 Å². The predicted octanol–water partition coefficient (Wildman–Crippen LogP) is 5.02. The van der Waals surface area contributed by atoms with Crippen molar-refractivity contribution in [2.75, 3.05) is 32.0 Å². The molecule has 33 heavy (non-hydrogen) atoms. The van der Waals surface area contributed by atoms with Crippen LogP contribution in [0.1, 0.15) is 45.2 Å². The van der Waals surface area contributed by atoms with Gasteiger partial charge in [0, 0.05) is 36.9 Å². The van der Waals surface area contributed by atoms with Crippen molar-refractivity contribution in [2.45, 2.75) is 52.9 Å². The summed E-state index contributed by atoms with van der Waals surface area (Å²) in [6.45, 7) is 11.0. The van der Waals surface area contributed by atoms with Crippen LogP contribution in [-0.2, 0) is 22.7 Å². The summed E-state index contributed by atoms with van der Waals surface area (Å²) in [6.07, 6.45) is 0.651. The Bertz CT molecular complexity index is 908. The number of hydrogen-bond acceptors (Lipinski definition) is 6. The van der Waals surface area contributed by atoms with E-state index >= 15 is 0 Å². The maximum absolute atomic E-state index is 12.2. The molecule has 1 atom stereocenters. The normalized spacial score (nSPS) is 16.0. The Hall–Kier alpha value is -2.93. The average Bonchev–Trinajstić information content (AvgIpc) is 3.24. The van der Waals surface area contributed by atoms with E-state index in [0.29, 0.717) is 51.1 Å². The fraction of sp³-hybridized carbons (Fsp3) is 0.500. The SMILES string of the molecule is CCOCc1cccc(N)c1COc1ccc(OC[C@@H]2CCN(C(=O)OC(C)(C)C)C2)cc1. The van der Waals surface area contributed by atoms with Crippen LogP contribution in [0.25, 0.3) is 0 Å². The second-order valence-corrected chi connectivity index (χ2v) is 9.27. The number of benzene rings is 2. The van der Waals surface area contributed by atoms with E-state index in [4.69, 9.17) is 24.7 Å². The number of nitrogens with two attached hydrogens (primary N) is 1. The van der Waals surface area contributed by atoms with E-state index < -0.39 is 5.60 Å². The van der Waals surface area contributed by atoms with E-state index in [9.17, 15) is 4.79 Å². The lowest BCUT2D eigenvalue weighted by molar-refractivity contribution is 0.0284. The Morgan fingerprint density at radius 1 is 1.06 bits per heavy atom. The summed E-state index contributed by atoms with van der Waals surface area (Å²) in [7, 11) is 0. The molecule has 2 aromatic rings. The van der Waals surface area contributed by atoms with Crippen molar-refractivity contribution in [3.8, 4) is 11.5 Å². The van der Waals surface area contributed by atoms with Crippen LogP contribution in [0.3, 0.4) is 0 Å². The van der Waals surface area contributed by atoms with Crippen LogP contribution in [0.4, 0.5) is 10.5 Å². The van der Waals surface area contributed by atoms with Crippen molar-refractivity contribution in [1.29, 1.82) is 0 Å². The molecule has 1 aliphatic rings. The maximum atomic E-state index is 12.2. The summed E-state index contributed by atoms with van der Waals surface area (Å²) in [5.74, 6) is 1.80. The molecule has 0 bridgehead atoms. The third-order valence-electron chi connectivity index (χ3n) is 5.40. The van der Waals surface area contributed by atoms with Gasteiger partial charge in [-0.1, -0.05) is 12.1 Å². The Morgan fingerprint density at radius 3 is 2.42 bits per heavy atom. The molecule has 1 heterocycles. The molecule has 7 nitrogen and oxygen atoms in total. The average molecular weight is 457 g/mol. The first-order chi connectivity index (χ1) is 15.7. The monoisotopic (exact) mass is 456 g/mol. The summed E-state index contributed by atoms with van der Waals surface area (Å²) in [5, 5.41) is 0. The van der Waals surface area contributed by atoms with Gasteiger partial charge >= 0.3 is 6.09 Å². The molecule has 2 N–H and O–H groups in total. The highest BCUT2D eigenvalue weighted by molar-refractivity contribution is 5.68. The largest absolute Gasteiger partial charge is 0.493 e. The van der Waals surface area contributed by atoms with Gasteiger partial charge in [-0.25, -0.2) is 4.79 Å². The van der Waals surface area contributed by atoms with Crippen LogP contribution >= 0.6 is 0 Å². The Morgan fingerprint density at radius 2 is 1.76 bits per heavy atom. The predicted molar refractivity (Wildman–Crippen MR) is 128 cm³/mol. The van der Waals surface area contributed by atoms with Gasteiger partial charge < -0.3 is 29.6 Å². The molecule has 0 aromatic heterocycles. The molecule has 3 rings (SSSR count). The van der Waals surface area contributed by atoms with Crippen LogP contribution in [0.5, 0.6) is 11.5 Å². The number of hydrogen-bond donors (Lipinski definition) is 1. The first-order valence-electron chi connectivity index (χ1n) is 11.5. The van der Waals surface area contributed by atoms with Crippen LogP contribution < -0.4 is 15.2 Å². The number of nitrogen functional groups attached to an aromatic ring is 1. The zero-order valence-electron chi connectivity index (χ0n) is 20.1. The van der Waals surface area contributed by atoms with Gasteiger partial charge in [0.2, 0.25) is 0 Å². The van der Waals surface area contributed by atoms with Crippen molar-refractivity contribution in [3.05, 3.63) is 53.6 Å². The lowest BCUT2D eigenvalue weighted by Gasteiger charge is -2.24. The number of carbonyl (C=O) groups is 1. The highest BCUT2D eigenvalue weighted by atomic mass is 16.6. The first-order valence-corrected chi connectivity index (χ1v) is 11.5. The molecule has 0 radical (unpaired) electrons. The summed E-state index contributed by atoms with van der Waals surface area (Å²) >= 11 is 0. The Kier molecular flexibility index (Phi) is 8.44. The van der Waals surface area contributed by atoms with E-state index in [-0.39, 0.29) is 6.09 Å². The third-order valence-corrected chi connectivity index (χ3v) is 5.40. The molecule has 0 saturated carbocycles. The minimum Gasteiger partial charge on any atom is -0.493 e. The topological polar surface area (TPSA) is 83.3 Å². The molecule has 1 aliphatic heterocycles. The van der Waals surface area contributed by atoms with Gasteiger partial charge in [0.25, 0.3) is 0 Å². The lowest BCUT2D eigenvalue weighted by Crippen LogP contribution is -2.35. The highest BCUT2D eigenvalue weighted by Crippen LogP contribution is 2.24. The molecule has 1 fully saturated rings. The first kappa shape index (κ1) is 24.7. The molecule has 0 unspecified atom stereocenters. The molecule has 7 heteroatoms. The number of likely N-dealkylation sites (tertiary alicyclic amines) is 1. The summed E-state index contributed by atoms with van der Waals surface area (Å²) in [6, 6.07) is 13.4. The lowest BCUT2D eigenvalue weighted by atomic mass is 10.1. The minimum atomic E-state index is -0.480. The van der Waals surface area contributed by atoms with Crippen molar-refractivity contribution in [1.82, 2.24) is 4.90 Å². The van der Waals surface area contributed by atoms with Gasteiger partial charge in [0.1, 0.15) is 23.7 Å². The summed E-state index contributed by atoms with van der Waals surface area (Å²) in [4.78, 5) is 14.0. The van der Waals surface area contributed by atoms with Gasteiger partial charge in [0.15, 0.2) is 0 Å². The maximum Gasteiger partial charge on any atom is 0.410 e. The van der Waals surface area contributed by atoms with Crippen molar-refractivity contribution in [3.63, 3.8) is 0 Å². The van der Waals surface area contributed by atoms with Crippen molar-refractivity contribution < 1.29 is 23.7 Å².